The van der Waals surface area contributed by atoms with Gasteiger partial charge in [-0.2, -0.15) is 0 Å². The first-order chi connectivity index (χ1) is 8.40. The first kappa shape index (κ1) is 14.8. The van der Waals surface area contributed by atoms with Gasteiger partial charge >= 0.3 is 12.0 Å². The molecule has 1 aliphatic rings. The van der Waals surface area contributed by atoms with Gasteiger partial charge in [-0.1, -0.05) is 13.8 Å². The van der Waals surface area contributed by atoms with Crippen LogP contribution < -0.4 is 5.32 Å². The molecule has 6 heteroatoms. The van der Waals surface area contributed by atoms with Crippen molar-refractivity contribution in [2.24, 2.45) is 5.92 Å². The summed E-state index contributed by atoms with van der Waals surface area (Å²) >= 11 is 0. The number of hydrogen-bond acceptors (Lipinski definition) is 3. The van der Waals surface area contributed by atoms with E-state index in [0.717, 1.165) is 0 Å². The molecule has 0 aromatic rings. The minimum atomic E-state index is -0.988. The highest BCUT2D eigenvalue weighted by Gasteiger charge is 2.26. The zero-order valence-electron chi connectivity index (χ0n) is 11.2. The van der Waals surface area contributed by atoms with E-state index in [9.17, 15) is 9.59 Å². The van der Waals surface area contributed by atoms with Crippen LogP contribution in [0.4, 0.5) is 4.79 Å². The summed E-state index contributed by atoms with van der Waals surface area (Å²) in [4.78, 5) is 24.6. The van der Waals surface area contributed by atoms with Crippen LogP contribution in [-0.2, 0) is 9.53 Å². The van der Waals surface area contributed by atoms with Gasteiger partial charge in [0.2, 0.25) is 0 Å². The summed E-state index contributed by atoms with van der Waals surface area (Å²) in [6.45, 7) is 7.25. The molecule has 0 spiro atoms. The molecular formula is C12H22N2O4. The van der Waals surface area contributed by atoms with Gasteiger partial charge in [0, 0.05) is 13.1 Å². The molecule has 6 nitrogen and oxygen atoms in total. The Bertz CT molecular complexity index is 306. The zero-order chi connectivity index (χ0) is 13.7. The summed E-state index contributed by atoms with van der Waals surface area (Å²) < 4.78 is 5.34. The van der Waals surface area contributed by atoms with Gasteiger partial charge in [-0.05, 0) is 19.3 Å². The Morgan fingerprint density at radius 2 is 2.17 bits per heavy atom. The van der Waals surface area contributed by atoms with Crippen LogP contribution in [0.5, 0.6) is 0 Å². The van der Waals surface area contributed by atoms with Gasteiger partial charge in [-0.15, -0.1) is 0 Å². The number of amides is 2. The molecule has 104 valence electrons. The molecule has 0 aromatic carbocycles. The second-order valence-electron chi connectivity index (χ2n) is 5.10. The van der Waals surface area contributed by atoms with E-state index in [1.807, 2.05) is 20.8 Å². The van der Waals surface area contributed by atoms with Crippen LogP contribution >= 0.6 is 0 Å². The molecule has 0 radical (unpaired) electrons. The molecular weight excluding hydrogens is 236 g/mol. The van der Waals surface area contributed by atoms with Crippen molar-refractivity contribution in [2.45, 2.75) is 39.3 Å². The van der Waals surface area contributed by atoms with E-state index in [4.69, 9.17) is 9.84 Å². The fourth-order valence-corrected chi connectivity index (χ4v) is 1.94. The number of carboxylic acid groups (broad SMARTS) is 1. The van der Waals surface area contributed by atoms with Crippen molar-refractivity contribution in [3.63, 3.8) is 0 Å². The molecule has 2 atom stereocenters. The molecule has 1 rings (SSSR count). The molecule has 1 aliphatic heterocycles. The number of rotatable bonds is 4. The number of urea groups is 1. The van der Waals surface area contributed by atoms with Crippen LogP contribution in [0.15, 0.2) is 0 Å². The number of ether oxygens (including phenoxy) is 1. The minimum Gasteiger partial charge on any atom is -0.480 e. The Labute approximate surface area is 107 Å². The largest absolute Gasteiger partial charge is 0.480 e. The number of carbonyl (C=O) groups is 2. The van der Waals surface area contributed by atoms with Crippen molar-refractivity contribution in [1.29, 1.82) is 0 Å². The van der Waals surface area contributed by atoms with Gasteiger partial charge < -0.3 is 20.1 Å². The van der Waals surface area contributed by atoms with Crippen LogP contribution in [0, 0.1) is 5.92 Å². The van der Waals surface area contributed by atoms with Crippen molar-refractivity contribution < 1.29 is 19.4 Å². The average molecular weight is 258 g/mol. The van der Waals surface area contributed by atoms with E-state index < -0.39 is 12.0 Å². The molecule has 2 N–H and O–H groups in total. The third kappa shape index (κ3) is 4.52. The van der Waals surface area contributed by atoms with Gasteiger partial charge in [0.15, 0.2) is 0 Å². The molecule has 18 heavy (non-hydrogen) atoms. The highest BCUT2D eigenvalue weighted by Crippen LogP contribution is 2.08. The Balaban J connectivity index is 2.52. The van der Waals surface area contributed by atoms with Gasteiger partial charge in [0.1, 0.15) is 6.04 Å². The van der Waals surface area contributed by atoms with Crippen molar-refractivity contribution in [3.8, 4) is 0 Å². The summed E-state index contributed by atoms with van der Waals surface area (Å²) in [5.74, 6) is -0.770. The maximum absolute atomic E-state index is 11.9. The summed E-state index contributed by atoms with van der Waals surface area (Å²) in [5, 5.41) is 11.6. The van der Waals surface area contributed by atoms with E-state index >= 15 is 0 Å². The lowest BCUT2D eigenvalue weighted by Gasteiger charge is -2.32. The third-order valence-corrected chi connectivity index (χ3v) is 2.83. The second-order valence-corrected chi connectivity index (χ2v) is 5.10. The normalized spacial score (nSPS) is 21.8. The average Bonchev–Trinajstić information content (AvgIpc) is 2.27. The van der Waals surface area contributed by atoms with Crippen molar-refractivity contribution in [1.82, 2.24) is 10.2 Å². The maximum Gasteiger partial charge on any atom is 0.326 e. The number of nitrogens with one attached hydrogen (secondary N) is 1. The highest BCUT2D eigenvalue weighted by atomic mass is 16.5. The lowest BCUT2D eigenvalue weighted by atomic mass is 10.0. The number of carboxylic acids is 1. The number of aliphatic carboxylic acids is 1. The van der Waals surface area contributed by atoms with E-state index in [1.54, 1.807) is 4.90 Å². The van der Waals surface area contributed by atoms with Crippen LogP contribution in [0.2, 0.25) is 0 Å². The van der Waals surface area contributed by atoms with Crippen molar-refractivity contribution in [2.75, 3.05) is 19.7 Å². The van der Waals surface area contributed by atoms with Crippen LogP contribution in [0.25, 0.3) is 0 Å². The Morgan fingerprint density at radius 1 is 1.50 bits per heavy atom. The first-order valence-electron chi connectivity index (χ1n) is 6.30. The standard InChI is InChI=1S/C12H22N2O4/c1-8(2)6-10(11(15)16)13-12(17)14-4-5-18-9(3)7-14/h8-10H,4-7H2,1-3H3,(H,13,17)(H,15,16)/t9?,10-/m1/s1. The monoisotopic (exact) mass is 258 g/mol. The van der Waals surface area contributed by atoms with E-state index in [0.29, 0.717) is 26.1 Å². The lowest BCUT2D eigenvalue weighted by molar-refractivity contribution is -0.139. The zero-order valence-corrected chi connectivity index (χ0v) is 11.2. The molecule has 0 aliphatic carbocycles. The third-order valence-electron chi connectivity index (χ3n) is 2.83. The van der Waals surface area contributed by atoms with E-state index in [-0.39, 0.29) is 18.1 Å². The van der Waals surface area contributed by atoms with Crippen LogP contribution in [-0.4, -0.2) is 53.8 Å². The molecule has 1 saturated heterocycles. The molecule has 1 heterocycles. The van der Waals surface area contributed by atoms with Gasteiger partial charge in [0.25, 0.3) is 0 Å². The SMILES string of the molecule is CC(C)C[C@@H](NC(=O)N1CCOC(C)C1)C(=O)O. The number of carbonyl (C=O) groups excluding carboxylic acids is 1. The summed E-state index contributed by atoms with van der Waals surface area (Å²) in [5.41, 5.74) is 0. The first-order valence-corrected chi connectivity index (χ1v) is 6.30. The highest BCUT2D eigenvalue weighted by molar-refractivity contribution is 5.82. The van der Waals surface area contributed by atoms with Crippen LogP contribution in [0.3, 0.4) is 0 Å². The van der Waals surface area contributed by atoms with Gasteiger partial charge in [0.05, 0.1) is 12.7 Å². The lowest BCUT2D eigenvalue weighted by Crippen LogP contribution is -2.53. The Morgan fingerprint density at radius 3 is 2.67 bits per heavy atom. The molecule has 0 saturated carbocycles. The number of morpholine rings is 1. The van der Waals surface area contributed by atoms with E-state index in [2.05, 4.69) is 5.32 Å². The number of hydrogen-bond donors (Lipinski definition) is 2. The van der Waals surface area contributed by atoms with E-state index in [1.165, 1.54) is 0 Å². The Kier molecular flexibility index (Phi) is 5.40. The minimum absolute atomic E-state index is 0.00197. The van der Waals surface area contributed by atoms with Crippen LogP contribution in [0.1, 0.15) is 27.2 Å². The van der Waals surface area contributed by atoms with Gasteiger partial charge in [-0.25, -0.2) is 9.59 Å². The fraction of sp³-hybridized carbons (Fsp3) is 0.833. The molecule has 2 amide bonds. The van der Waals surface area contributed by atoms with Crippen molar-refractivity contribution in [3.05, 3.63) is 0 Å². The summed E-state index contributed by atoms with van der Waals surface area (Å²) in [6, 6.07) is -1.14. The fourth-order valence-electron chi connectivity index (χ4n) is 1.94. The topological polar surface area (TPSA) is 78.9 Å². The summed E-state index contributed by atoms with van der Waals surface area (Å²) in [7, 11) is 0. The predicted octanol–water partition coefficient (Wildman–Crippen LogP) is 0.916. The smallest absolute Gasteiger partial charge is 0.326 e. The number of nitrogens with zero attached hydrogens (tertiary/aromatic N) is 1. The quantitative estimate of drug-likeness (QED) is 0.785. The molecule has 1 unspecified atom stereocenters. The molecule has 0 bridgehead atoms. The Hall–Kier alpha value is -1.30. The second kappa shape index (κ2) is 6.58. The molecule has 1 fully saturated rings. The predicted molar refractivity (Wildman–Crippen MR) is 66.4 cm³/mol. The maximum atomic E-state index is 11.9. The van der Waals surface area contributed by atoms with Gasteiger partial charge in [-0.3, -0.25) is 0 Å². The molecule has 0 aromatic heterocycles. The van der Waals surface area contributed by atoms with Crippen molar-refractivity contribution >= 4 is 12.0 Å². The summed E-state index contributed by atoms with van der Waals surface area (Å²) in [6.07, 6.45) is 0.430.